The van der Waals surface area contributed by atoms with Crippen LogP contribution in [0.25, 0.3) is 27.6 Å². The van der Waals surface area contributed by atoms with Crippen LogP contribution in [-0.2, 0) is 0 Å². The average molecular weight is 308 g/mol. The number of aromatic nitrogens is 6. The van der Waals surface area contributed by atoms with Crippen LogP contribution < -0.4 is 0 Å². The third-order valence-electron chi connectivity index (χ3n) is 3.88. The van der Waals surface area contributed by atoms with Crippen molar-refractivity contribution >= 4 is 22.4 Å². The molecule has 6 nitrogen and oxygen atoms in total. The monoisotopic (exact) mass is 308 g/mol. The van der Waals surface area contributed by atoms with Gasteiger partial charge in [-0.05, 0) is 24.3 Å². The number of hydrogen-bond acceptors (Lipinski definition) is 5. The Balaban J connectivity index is 1.59. The number of fused-ring (bicyclic) bond motifs is 1. The Bertz CT molecular complexity index is 948. The first kappa shape index (κ1) is 12.0. The Morgan fingerprint density at radius 3 is 3.05 bits per heavy atom. The second-order valence-electron chi connectivity index (χ2n) is 5.45. The van der Waals surface area contributed by atoms with Gasteiger partial charge in [-0.15, -0.1) is 11.3 Å². The molecule has 4 aromatic rings. The second kappa shape index (κ2) is 4.48. The van der Waals surface area contributed by atoms with Gasteiger partial charge in [-0.25, -0.2) is 14.6 Å². The Morgan fingerprint density at radius 1 is 1.27 bits per heavy atom. The molecular weight excluding hydrogens is 296 g/mol. The minimum absolute atomic E-state index is 0.643. The number of aromatic amines is 1. The van der Waals surface area contributed by atoms with E-state index in [1.165, 1.54) is 18.5 Å². The largest absolute Gasteiger partial charge is 0.280 e. The van der Waals surface area contributed by atoms with Gasteiger partial charge < -0.3 is 0 Å². The van der Waals surface area contributed by atoms with Gasteiger partial charge in [0.25, 0.3) is 0 Å². The van der Waals surface area contributed by atoms with Crippen molar-refractivity contribution in [2.24, 2.45) is 0 Å². The fourth-order valence-electron chi connectivity index (χ4n) is 2.57. The summed E-state index contributed by atoms with van der Waals surface area (Å²) in [5.74, 6) is 2.18. The summed E-state index contributed by atoms with van der Waals surface area (Å²) in [6.45, 7) is 0. The molecule has 0 saturated heterocycles. The molecule has 0 unspecified atom stereocenters. The summed E-state index contributed by atoms with van der Waals surface area (Å²) in [6.07, 6.45) is 6.07. The molecule has 5 rings (SSSR count). The number of H-pyrrole nitrogens is 1. The van der Waals surface area contributed by atoms with Gasteiger partial charge in [-0.3, -0.25) is 5.10 Å². The SMILES string of the molecule is c1csc(-c2ncc3c(cnn3-c3cc(C4CC4)[nH]n3)n2)c1. The first-order valence-corrected chi connectivity index (χ1v) is 8.07. The quantitative estimate of drug-likeness (QED) is 0.631. The van der Waals surface area contributed by atoms with Crippen LogP contribution in [0.1, 0.15) is 24.5 Å². The van der Waals surface area contributed by atoms with Gasteiger partial charge in [0.2, 0.25) is 0 Å². The molecule has 7 heteroatoms. The van der Waals surface area contributed by atoms with E-state index in [0.717, 1.165) is 27.6 Å². The normalized spacial score (nSPS) is 14.7. The lowest BCUT2D eigenvalue weighted by molar-refractivity contribution is 0.855. The highest BCUT2D eigenvalue weighted by atomic mass is 32.1. The molecule has 4 heterocycles. The number of nitrogens with zero attached hydrogens (tertiary/aromatic N) is 5. The number of thiophene rings is 1. The molecule has 1 aliphatic rings. The molecule has 4 aromatic heterocycles. The van der Waals surface area contributed by atoms with Crippen LogP contribution in [0, 0.1) is 0 Å². The van der Waals surface area contributed by atoms with Gasteiger partial charge in [-0.1, -0.05) is 6.07 Å². The number of hydrogen-bond donors (Lipinski definition) is 1. The third kappa shape index (κ3) is 1.86. The van der Waals surface area contributed by atoms with Crippen LogP contribution >= 0.6 is 11.3 Å². The lowest BCUT2D eigenvalue weighted by atomic mass is 10.3. The molecule has 0 aliphatic heterocycles. The summed E-state index contributed by atoms with van der Waals surface area (Å²) in [4.78, 5) is 10.1. The van der Waals surface area contributed by atoms with E-state index < -0.39 is 0 Å². The molecule has 0 radical (unpaired) electrons. The summed E-state index contributed by atoms with van der Waals surface area (Å²) in [5.41, 5.74) is 2.89. The lowest BCUT2D eigenvalue weighted by Gasteiger charge is -1.99. The van der Waals surface area contributed by atoms with E-state index in [0.29, 0.717) is 5.92 Å². The summed E-state index contributed by atoms with van der Waals surface area (Å²) in [6, 6.07) is 6.09. The Morgan fingerprint density at radius 2 is 2.23 bits per heavy atom. The van der Waals surface area contributed by atoms with Crippen molar-refractivity contribution in [3.63, 3.8) is 0 Å². The maximum atomic E-state index is 4.60. The van der Waals surface area contributed by atoms with Gasteiger partial charge in [-0.2, -0.15) is 10.2 Å². The molecule has 1 fully saturated rings. The number of rotatable bonds is 3. The number of nitrogens with one attached hydrogen (secondary N) is 1. The first-order valence-electron chi connectivity index (χ1n) is 7.19. The van der Waals surface area contributed by atoms with E-state index in [1.54, 1.807) is 22.2 Å². The highest BCUT2D eigenvalue weighted by Gasteiger charge is 2.26. The van der Waals surface area contributed by atoms with E-state index in [-0.39, 0.29) is 0 Å². The van der Waals surface area contributed by atoms with Crippen molar-refractivity contribution in [3.8, 4) is 16.5 Å². The lowest BCUT2D eigenvalue weighted by Crippen LogP contribution is -1.97. The minimum Gasteiger partial charge on any atom is -0.280 e. The van der Waals surface area contributed by atoms with Gasteiger partial charge in [0, 0.05) is 17.7 Å². The van der Waals surface area contributed by atoms with Gasteiger partial charge in [0.15, 0.2) is 11.6 Å². The van der Waals surface area contributed by atoms with E-state index in [9.17, 15) is 0 Å². The summed E-state index contributed by atoms with van der Waals surface area (Å²) in [7, 11) is 0. The van der Waals surface area contributed by atoms with Crippen molar-refractivity contribution in [1.29, 1.82) is 0 Å². The molecule has 0 amide bonds. The Kier molecular flexibility index (Phi) is 2.45. The molecule has 1 saturated carbocycles. The van der Waals surface area contributed by atoms with Crippen LogP contribution in [0.2, 0.25) is 0 Å². The zero-order valence-corrected chi connectivity index (χ0v) is 12.4. The van der Waals surface area contributed by atoms with Crippen LogP contribution in [-0.4, -0.2) is 29.9 Å². The zero-order chi connectivity index (χ0) is 14.5. The van der Waals surface area contributed by atoms with Crippen LogP contribution in [0.3, 0.4) is 0 Å². The van der Waals surface area contributed by atoms with Crippen LogP contribution in [0.5, 0.6) is 0 Å². The highest BCUT2D eigenvalue weighted by Crippen LogP contribution is 2.39. The summed E-state index contributed by atoms with van der Waals surface area (Å²) >= 11 is 1.63. The highest BCUT2D eigenvalue weighted by molar-refractivity contribution is 7.13. The molecule has 0 bridgehead atoms. The standard InChI is InChI=1S/C15H12N6S/c1-2-13(22-5-1)15-16-8-12-11(18-15)7-17-21(12)14-6-10(19-20-14)9-3-4-9/h1-2,5-9H,3-4H2,(H,19,20). The van der Waals surface area contributed by atoms with Gasteiger partial charge >= 0.3 is 0 Å². The van der Waals surface area contributed by atoms with E-state index >= 15 is 0 Å². The fourth-order valence-corrected chi connectivity index (χ4v) is 3.23. The summed E-state index contributed by atoms with van der Waals surface area (Å²) < 4.78 is 1.79. The Hall–Kier alpha value is -2.54. The minimum atomic E-state index is 0.643. The predicted molar refractivity (Wildman–Crippen MR) is 84.1 cm³/mol. The van der Waals surface area contributed by atoms with Crippen molar-refractivity contribution in [2.75, 3.05) is 0 Å². The molecule has 1 N–H and O–H groups in total. The maximum Gasteiger partial charge on any atom is 0.175 e. The first-order chi connectivity index (χ1) is 10.9. The Labute approximate surface area is 129 Å². The van der Waals surface area contributed by atoms with Crippen molar-refractivity contribution in [1.82, 2.24) is 29.9 Å². The fraction of sp³-hybridized carbons (Fsp3) is 0.200. The summed E-state index contributed by atoms with van der Waals surface area (Å²) in [5, 5.41) is 13.9. The average Bonchev–Trinajstić information content (AvgIpc) is 3.00. The maximum absolute atomic E-state index is 4.60. The third-order valence-corrected chi connectivity index (χ3v) is 4.75. The predicted octanol–water partition coefficient (Wildman–Crippen LogP) is 3.14. The molecule has 1 aliphatic carbocycles. The molecule has 0 atom stereocenters. The molecule has 108 valence electrons. The molecule has 22 heavy (non-hydrogen) atoms. The zero-order valence-electron chi connectivity index (χ0n) is 11.6. The van der Waals surface area contributed by atoms with Crippen molar-refractivity contribution < 1.29 is 0 Å². The molecule has 0 spiro atoms. The van der Waals surface area contributed by atoms with Gasteiger partial charge in [0.1, 0.15) is 11.0 Å². The van der Waals surface area contributed by atoms with E-state index in [4.69, 9.17) is 0 Å². The van der Waals surface area contributed by atoms with E-state index in [2.05, 4.69) is 31.3 Å². The van der Waals surface area contributed by atoms with Crippen LogP contribution in [0.15, 0.2) is 36.0 Å². The van der Waals surface area contributed by atoms with Crippen molar-refractivity contribution in [3.05, 3.63) is 41.7 Å². The van der Waals surface area contributed by atoms with E-state index in [1.807, 2.05) is 23.7 Å². The van der Waals surface area contributed by atoms with Crippen molar-refractivity contribution in [2.45, 2.75) is 18.8 Å². The van der Waals surface area contributed by atoms with Gasteiger partial charge in [0.05, 0.1) is 17.3 Å². The van der Waals surface area contributed by atoms with Crippen LogP contribution in [0.4, 0.5) is 0 Å². The molecular formula is C15H12N6S. The smallest absolute Gasteiger partial charge is 0.175 e. The molecule has 0 aromatic carbocycles. The second-order valence-corrected chi connectivity index (χ2v) is 6.40. The topological polar surface area (TPSA) is 72.3 Å².